The highest BCUT2D eigenvalue weighted by Gasteiger charge is 1.92. The molecule has 23 heavy (non-hydrogen) atoms. The molecule has 118 valence electrons. The molecule has 0 N–H and O–H groups in total. The van der Waals surface area contributed by atoms with Crippen molar-refractivity contribution >= 4 is 12.4 Å². The summed E-state index contributed by atoms with van der Waals surface area (Å²) in [7, 11) is 0. The summed E-state index contributed by atoms with van der Waals surface area (Å²) < 4.78 is 0. The van der Waals surface area contributed by atoms with E-state index in [0.717, 1.165) is 30.4 Å². The Kier molecular flexibility index (Phi) is 6.99. The summed E-state index contributed by atoms with van der Waals surface area (Å²) in [6.45, 7) is 4.23. The van der Waals surface area contributed by atoms with Crippen molar-refractivity contribution in [1.82, 2.24) is 0 Å². The van der Waals surface area contributed by atoms with Crippen LogP contribution in [0.3, 0.4) is 0 Å². The molecule has 2 aromatic carbocycles. The van der Waals surface area contributed by atoms with Gasteiger partial charge in [-0.25, -0.2) is 0 Å². The first-order valence-corrected chi connectivity index (χ1v) is 8.15. The average Bonchev–Trinajstić information content (AvgIpc) is 2.58. The van der Waals surface area contributed by atoms with Crippen LogP contribution in [0.2, 0.25) is 0 Å². The van der Waals surface area contributed by atoms with E-state index in [4.69, 9.17) is 0 Å². The maximum atomic E-state index is 4.11. The molecule has 0 radical (unpaired) electrons. The highest BCUT2D eigenvalue weighted by Crippen LogP contribution is 2.06. The second-order valence-corrected chi connectivity index (χ2v) is 5.56. The van der Waals surface area contributed by atoms with Gasteiger partial charge in [-0.1, -0.05) is 73.2 Å². The summed E-state index contributed by atoms with van der Waals surface area (Å²) in [5.41, 5.74) is 4.73. The van der Waals surface area contributed by atoms with Crippen molar-refractivity contribution in [1.29, 1.82) is 0 Å². The minimum Gasteiger partial charge on any atom is -0.159 e. The summed E-state index contributed by atoms with van der Waals surface area (Å²) in [5.74, 6) is 0. The van der Waals surface area contributed by atoms with Gasteiger partial charge in [-0.05, 0) is 42.9 Å². The molecule has 2 nitrogen and oxygen atoms in total. The summed E-state index contributed by atoms with van der Waals surface area (Å²) in [6, 6.07) is 16.7. The van der Waals surface area contributed by atoms with Crippen molar-refractivity contribution in [2.75, 3.05) is 0 Å². The largest absolute Gasteiger partial charge is 0.159 e. The minimum atomic E-state index is 1.06. The normalized spacial score (nSPS) is 11.9. The smallest absolute Gasteiger partial charge is 0.0568 e. The molecule has 2 heteroatoms. The molecule has 0 fully saturated rings. The predicted octanol–water partition coefficient (Wildman–Crippen LogP) is 5.35. The van der Waals surface area contributed by atoms with Crippen LogP contribution in [0.5, 0.6) is 0 Å². The van der Waals surface area contributed by atoms with Gasteiger partial charge in [0.1, 0.15) is 0 Å². The molecule has 0 spiro atoms. The molecule has 2 rings (SSSR count). The Labute approximate surface area is 139 Å². The van der Waals surface area contributed by atoms with Gasteiger partial charge >= 0.3 is 0 Å². The first-order valence-electron chi connectivity index (χ1n) is 8.15. The quantitative estimate of drug-likeness (QED) is 0.374. The highest BCUT2D eigenvalue weighted by molar-refractivity contribution is 5.82. The van der Waals surface area contributed by atoms with E-state index in [1.807, 2.05) is 12.1 Å². The van der Waals surface area contributed by atoms with Gasteiger partial charge in [0.25, 0.3) is 0 Å². The van der Waals surface area contributed by atoms with Crippen molar-refractivity contribution in [2.45, 2.75) is 33.1 Å². The minimum absolute atomic E-state index is 1.06. The topological polar surface area (TPSA) is 24.7 Å². The first kappa shape index (κ1) is 16.9. The zero-order valence-corrected chi connectivity index (χ0v) is 13.9. The van der Waals surface area contributed by atoms with Gasteiger partial charge in [0.15, 0.2) is 0 Å². The van der Waals surface area contributed by atoms with E-state index < -0.39 is 0 Å². The molecule has 0 aliphatic rings. The Morgan fingerprint density at radius 2 is 1.35 bits per heavy atom. The molecule has 0 amide bonds. The number of hydrogen-bond donors (Lipinski definition) is 0. The Morgan fingerprint density at radius 1 is 0.783 bits per heavy atom. The van der Waals surface area contributed by atoms with Crippen LogP contribution >= 0.6 is 0 Å². The van der Waals surface area contributed by atoms with Gasteiger partial charge < -0.3 is 0 Å². The number of benzene rings is 2. The van der Waals surface area contributed by atoms with E-state index in [0.29, 0.717) is 0 Å². The second kappa shape index (κ2) is 9.52. The Balaban J connectivity index is 1.85. The Bertz CT molecular complexity index is 662. The fourth-order valence-electron chi connectivity index (χ4n) is 2.16. The lowest BCUT2D eigenvalue weighted by molar-refractivity contribution is 0.992. The van der Waals surface area contributed by atoms with E-state index in [9.17, 15) is 0 Å². The standard InChI is InChI=1S/C21H24N2/c1-3-4-5-6-7-19-12-14-21(15-13-19)17-23-22-16-20-10-8-18(2)9-11-20/h4-5,8-17H,3,6-7H2,1-2H3/b5-4+,22-16?,23-17?. The van der Waals surface area contributed by atoms with Crippen molar-refractivity contribution in [3.8, 4) is 0 Å². The number of allylic oxidation sites excluding steroid dienone is 2. The van der Waals surface area contributed by atoms with E-state index in [2.05, 4.69) is 72.6 Å². The molecular formula is C21H24N2. The summed E-state index contributed by atoms with van der Waals surface area (Å²) in [6.07, 6.45) is 11.3. The third-order valence-electron chi connectivity index (χ3n) is 3.54. The van der Waals surface area contributed by atoms with Crippen molar-refractivity contribution < 1.29 is 0 Å². The van der Waals surface area contributed by atoms with Crippen molar-refractivity contribution in [3.05, 3.63) is 82.9 Å². The zero-order chi connectivity index (χ0) is 16.3. The van der Waals surface area contributed by atoms with Gasteiger partial charge in [-0.2, -0.15) is 10.2 Å². The summed E-state index contributed by atoms with van der Waals surface area (Å²) in [4.78, 5) is 0. The highest BCUT2D eigenvalue weighted by atomic mass is 15.2. The third-order valence-corrected chi connectivity index (χ3v) is 3.54. The predicted molar refractivity (Wildman–Crippen MR) is 101 cm³/mol. The lowest BCUT2D eigenvalue weighted by Gasteiger charge is -1.99. The number of aryl methyl sites for hydroxylation is 2. The maximum absolute atomic E-state index is 4.11. The maximum Gasteiger partial charge on any atom is 0.0568 e. The fraction of sp³-hybridized carbons (Fsp3) is 0.238. The summed E-state index contributed by atoms with van der Waals surface area (Å²) >= 11 is 0. The number of hydrogen-bond acceptors (Lipinski definition) is 2. The SMILES string of the molecule is CC/C=C/CCc1ccc(C=NN=Cc2ccc(C)cc2)cc1. The molecule has 0 bridgehead atoms. The Morgan fingerprint density at radius 3 is 1.91 bits per heavy atom. The van der Waals surface area contributed by atoms with E-state index in [1.165, 1.54) is 11.1 Å². The van der Waals surface area contributed by atoms with Gasteiger partial charge in [0.05, 0.1) is 12.4 Å². The second-order valence-electron chi connectivity index (χ2n) is 5.56. The van der Waals surface area contributed by atoms with Gasteiger partial charge in [0.2, 0.25) is 0 Å². The van der Waals surface area contributed by atoms with Crippen LogP contribution < -0.4 is 0 Å². The van der Waals surface area contributed by atoms with E-state index in [1.54, 1.807) is 12.4 Å². The fourth-order valence-corrected chi connectivity index (χ4v) is 2.16. The lowest BCUT2D eigenvalue weighted by atomic mass is 10.1. The van der Waals surface area contributed by atoms with Crippen LogP contribution in [-0.2, 0) is 6.42 Å². The molecule has 0 aliphatic carbocycles. The van der Waals surface area contributed by atoms with Crippen molar-refractivity contribution in [3.63, 3.8) is 0 Å². The van der Waals surface area contributed by atoms with Crippen LogP contribution in [0.4, 0.5) is 0 Å². The van der Waals surface area contributed by atoms with Crippen LogP contribution in [-0.4, -0.2) is 12.4 Å². The molecule has 0 aliphatic heterocycles. The molecule has 0 saturated carbocycles. The first-order chi connectivity index (χ1) is 11.3. The molecule has 2 aromatic rings. The van der Waals surface area contributed by atoms with Crippen LogP contribution in [0.25, 0.3) is 0 Å². The molecule has 0 saturated heterocycles. The molecule has 0 heterocycles. The van der Waals surface area contributed by atoms with Crippen LogP contribution in [0.1, 0.15) is 42.0 Å². The zero-order valence-electron chi connectivity index (χ0n) is 13.9. The van der Waals surface area contributed by atoms with Gasteiger partial charge in [-0.15, -0.1) is 0 Å². The molecule has 0 unspecified atom stereocenters. The molecule has 0 atom stereocenters. The van der Waals surface area contributed by atoms with Crippen LogP contribution in [0.15, 0.2) is 70.9 Å². The summed E-state index contributed by atoms with van der Waals surface area (Å²) in [5, 5.41) is 8.20. The average molecular weight is 304 g/mol. The van der Waals surface area contributed by atoms with Crippen LogP contribution in [0, 0.1) is 6.92 Å². The Hall–Kier alpha value is -2.48. The van der Waals surface area contributed by atoms with E-state index >= 15 is 0 Å². The third kappa shape index (κ3) is 6.43. The monoisotopic (exact) mass is 304 g/mol. The molecule has 0 aromatic heterocycles. The van der Waals surface area contributed by atoms with Gasteiger partial charge in [0, 0.05) is 0 Å². The number of nitrogens with zero attached hydrogens (tertiary/aromatic N) is 2. The van der Waals surface area contributed by atoms with Crippen molar-refractivity contribution in [2.24, 2.45) is 10.2 Å². The lowest BCUT2D eigenvalue weighted by Crippen LogP contribution is -1.86. The number of rotatable bonds is 7. The van der Waals surface area contributed by atoms with E-state index in [-0.39, 0.29) is 0 Å². The molecular weight excluding hydrogens is 280 g/mol. The van der Waals surface area contributed by atoms with Gasteiger partial charge in [-0.3, -0.25) is 0 Å².